The van der Waals surface area contributed by atoms with Crippen LogP contribution >= 0.6 is 0 Å². The van der Waals surface area contributed by atoms with Crippen LogP contribution in [0.3, 0.4) is 0 Å². The molecule has 0 bridgehead atoms. The van der Waals surface area contributed by atoms with Crippen molar-refractivity contribution in [3.63, 3.8) is 0 Å². The molecule has 4 heteroatoms. The summed E-state index contributed by atoms with van der Waals surface area (Å²) in [5.74, 6) is -0.919. The number of nitrogens with zero attached hydrogens (tertiary/aromatic N) is 2. The number of carboxylic acid groups (broad SMARTS) is 1. The smallest absolute Gasteiger partial charge is 0.337 e. The quantitative estimate of drug-likeness (QED) is 0.822. The Bertz CT molecular complexity index is 591. The van der Waals surface area contributed by atoms with Crippen LogP contribution in [0.5, 0.6) is 0 Å². The highest BCUT2D eigenvalue weighted by atomic mass is 16.4. The van der Waals surface area contributed by atoms with E-state index in [4.69, 9.17) is 5.11 Å². The monoisotopic (exact) mass is 232 g/mol. The Morgan fingerprint density at radius 2 is 2.00 bits per heavy atom. The molecule has 0 saturated carbocycles. The van der Waals surface area contributed by atoms with Crippen LogP contribution in [0.25, 0.3) is 5.65 Å². The van der Waals surface area contributed by atoms with Gasteiger partial charge in [-0.15, -0.1) is 0 Å². The molecular formula is C13H16N2O2. The Morgan fingerprint density at radius 1 is 1.35 bits per heavy atom. The fourth-order valence-corrected chi connectivity index (χ4v) is 2.00. The van der Waals surface area contributed by atoms with Crippen LogP contribution in [0, 0.1) is 6.92 Å². The molecule has 0 aromatic carbocycles. The van der Waals surface area contributed by atoms with Crippen molar-refractivity contribution in [3.05, 3.63) is 35.3 Å². The summed E-state index contributed by atoms with van der Waals surface area (Å²) >= 11 is 0. The first-order chi connectivity index (χ1) is 7.80. The van der Waals surface area contributed by atoms with Crippen molar-refractivity contribution in [2.24, 2.45) is 0 Å². The highest BCUT2D eigenvalue weighted by Gasteiger charge is 2.21. The van der Waals surface area contributed by atoms with E-state index in [1.54, 1.807) is 18.3 Å². The normalized spacial score (nSPS) is 12.0. The van der Waals surface area contributed by atoms with Crippen LogP contribution in [0.2, 0.25) is 0 Å². The summed E-state index contributed by atoms with van der Waals surface area (Å²) in [4.78, 5) is 15.5. The number of fused-ring (bicyclic) bond motifs is 1. The standard InChI is InChI=1S/C13H16N2O2/c1-8-11(13(2,3)4)14-10-6-5-9(12(16)17)7-15(8)10/h5-7H,1-4H3,(H,16,17). The largest absolute Gasteiger partial charge is 0.478 e. The van der Waals surface area contributed by atoms with Crippen molar-refractivity contribution in [2.75, 3.05) is 0 Å². The number of pyridine rings is 1. The van der Waals surface area contributed by atoms with Gasteiger partial charge in [0, 0.05) is 17.3 Å². The minimum Gasteiger partial charge on any atom is -0.478 e. The van der Waals surface area contributed by atoms with Crippen molar-refractivity contribution in [2.45, 2.75) is 33.1 Å². The fourth-order valence-electron chi connectivity index (χ4n) is 2.00. The lowest BCUT2D eigenvalue weighted by molar-refractivity contribution is 0.0696. The average Bonchev–Trinajstić information content (AvgIpc) is 2.55. The maximum Gasteiger partial charge on any atom is 0.337 e. The lowest BCUT2D eigenvalue weighted by Crippen LogP contribution is -2.13. The van der Waals surface area contributed by atoms with Gasteiger partial charge in [0.05, 0.1) is 11.3 Å². The molecule has 2 heterocycles. The molecule has 0 aliphatic rings. The number of carboxylic acids is 1. The summed E-state index contributed by atoms with van der Waals surface area (Å²) in [6.45, 7) is 8.26. The molecule has 0 radical (unpaired) electrons. The first-order valence-electron chi connectivity index (χ1n) is 5.53. The molecule has 2 aromatic heterocycles. The zero-order valence-electron chi connectivity index (χ0n) is 10.5. The van der Waals surface area contributed by atoms with Crippen molar-refractivity contribution < 1.29 is 9.90 Å². The second kappa shape index (κ2) is 3.58. The Labute approximate surface area is 99.9 Å². The predicted octanol–water partition coefficient (Wildman–Crippen LogP) is 2.64. The molecule has 0 spiro atoms. The van der Waals surface area contributed by atoms with E-state index >= 15 is 0 Å². The SMILES string of the molecule is Cc1c(C(C)(C)C)nc2ccc(C(=O)O)cn12. The third-order valence-electron chi connectivity index (χ3n) is 2.81. The van der Waals surface area contributed by atoms with Crippen LogP contribution in [0.1, 0.15) is 42.5 Å². The number of imidazole rings is 1. The van der Waals surface area contributed by atoms with Gasteiger partial charge in [-0.1, -0.05) is 20.8 Å². The summed E-state index contributed by atoms with van der Waals surface area (Å²) in [7, 11) is 0. The Hall–Kier alpha value is -1.84. The number of rotatable bonds is 1. The van der Waals surface area contributed by atoms with E-state index in [1.807, 2.05) is 11.3 Å². The summed E-state index contributed by atoms with van der Waals surface area (Å²) in [5, 5.41) is 8.97. The van der Waals surface area contributed by atoms with Gasteiger partial charge in [0.2, 0.25) is 0 Å². The molecule has 90 valence electrons. The van der Waals surface area contributed by atoms with Gasteiger partial charge in [-0.25, -0.2) is 9.78 Å². The van der Waals surface area contributed by atoms with Crippen LogP contribution in [0.4, 0.5) is 0 Å². The highest BCUT2D eigenvalue weighted by molar-refractivity contribution is 5.87. The highest BCUT2D eigenvalue weighted by Crippen LogP contribution is 2.25. The number of hydrogen-bond acceptors (Lipinski definition) is 2. The van der Waals surface area contributed by atoms with Crippen molar-refractivity contribution in [1.82, 2.24) is 9.38 Å². The molecular weight excluding hydrogens is 216 g/mol. The van der Waals surface area contributed by atoms with Gasteiger partial charge in [-0.3, -0.25) is 0 Å². The number of hydrogen-bond donors (Lipinski definition) is 1. The first kappa shape index (κ1) is 11.6. The molecule has 2 aromatic rings. The molecule has 0 amide bonds. The summed E-state index contributed by atoms with van der Waals surface area (Å²) < 4.78 is 1.84. The molecule has 0 aliphatic heterocycles. The predicted molar refractivity (Wildman–Crippen MR) is 65.6 cm³/mol. The molecule has 4 nitrogen and oxygen atoms in total. The van der Waals surface area contributed by atoms with E-state index in [2.05, 4.69) is 25.8 Å². The van der Waals surface area contributed by atoms with E-state index in [1.165, 1.54) is 0 Å². The fraction of sp³-hybridized carbons (Fsp3) is 0.385. The van der Waals surface area contributed by atoms with Gasteiger partial charge < -0.3 is 9.51 Å². The van der Waals surface area contributed by atoms with Gasteiger partial charge in [-0.2, -0.15) is 0 Å². The lowest BCUT2D eigenvalue weighted by Gasteiger charge is -2.16. The molecule has 0 saturated heterocycles. The topological polar surface area (TPSA) is 54.6 Å². The Morgan fingerprint density at radius 3 is 2.53 bits per heavy atom. The molecule has 0 fully saturated rings. The summed E-state index contributed by atoms with van der Waals surface area (Å²) in [6.07, 6.45) is 1.62. The third-order valence-corrected chi connectivity index (χ3v) is 2.81. The second-order valence-corrected chi connectivity index (χ2v) is 5.25. The molecule has 0 atom stereocenters. The van der Waals surface area contributed by atoms with E-state index in [-0.39, 0.29) is 11.0 Å². The molecule has 0 unspecified atom stereocenters. The van der Waals surface area contributed by atoms with Crippen molar-refractivity contribution in [1.29, 1.82) is 0 Å². The minimum atomic E-state index is -0.919. The average molecular weight is 232 g/mol. The molecule has 1 N–H and O–H groups in total. The summed E-state index contributed by atoms with van der Waals surface area (Å²) in [6, 6.07) is 3.32. The van der Waals surface area contributed by atoms with E-state index < -0.39 is 5.97 Å². The first-order valence-corrected chi connectivity index (χ1v) is 5.53. The summed E-state index contributed by atoms with van der Waals surface area (Å²) in [5.41, 5.74) is 3.02. The van der Waals surface area contributed by atoms with Gasteiger partial charge in [-0.05, 0) is 19.1 Å². The van der Waals surface area contributed by atoms with E-state index in [0.717, 1.165) is 17.0 Å². The van der Waals surface area contributed by atoms with Crippen LogP contribution in [0.15, 0.2) is 18.3 Å². The van der Waals surface area contributed by atoms with Crippen LogP contribution in [-0.4, -0.2) is 20.5 Å². The van der Waals surface area contributed by atoms with Gasteiger partial charge in [0.1, 0.15) is 5.65 Å². The zero-order valence-corrected chi connectivity index (χ0v) is 10.5. The third kappa shape index (κ3) is 1.90. The van der Waals surface area contributed by atoms with Gasteiger partial charge in [0.25, 0.3) is 0 Å². The van der Waals surface area contributed by atoms with Gasteiger partial charge >= 0.3 is 5.97 Å². The maximum absolute atomic E-state index is 10.9. The Kier molecular flexibility index (Phi) is 2.45. The van der Waals surface area contributed by atoms with E-state index in [0.29, 0.717) is 0 Å². The van der Waals surface area contributed by atoms with Crippen molar-refractivity contribution in [3.8, 4) is 0 Å². The molecule has 2 rings (SSSR count). The number of aromatic nitrogens is 2. The number of carbonyl (C=O) groups is 1. The zero-order chi connectivity index (χ0) is 12.8. The number of aryl methyl sites for hydroxylation is 1. The second-order valence-electron chi connectivity index (χ2n) is 5.25. The van der Waals surface area contributed by atoms with Crippen LogP contribution < -0.4 is 0 Å². The minimum absolute atomic E-state index is 0.0422. The van der Waals surface area contributed by atoms with Crippen LogP contribution in [-0.2, 0) is 5.41 Å². The lowest BCUT2D eigenvalue weighted by atomic mass is 9.91. The molecule has 0 aliphatic carbocycles. The molecule has 17 heavy (non-hydrogen) atoms. The van der Waals surface area contributed by atoms with Gasteiger partial charge in [0.15, 0.2) is 0 Å². The number of aromatic carboxylic acids is 1. The maximum atomic E-state index is 10.9. The Balaban J connectivity index is 2.71. The van der Waals surface area contributed by atoms with Crippen molar-refractivity contribution >= 4 is 11.6 Å². The van der Waals surface area contributed by atoms with E-state index in [9.17, 15) is 4.79 Å².